The number of nitrogens with zero attached hydrogens (tertiary/aromatic N) is 5. The van der Waals surface area contributed by atoms with Crippen molar-refractivity contribution < 1.29 is 8.42 Å². The number of hydrogen-bond donors (Lipinski definition) is 2. The first-order valence-corrected chi connectivity index (χ1v) is 10.7. The van der Waals surface area contributed by atoms with E-state index in [-0.39, 0.29) is 29.1 Å². The summed E-state index contributed by atoms with van der Waals surface area (Å²) in [5, 5.41) is 17.2. The quantitative estimate of drug-likeness (QED) is 0.645. The molecule has 29 heavy (non-hydrogen) atoms. The molecule has 0 atom stereocenters. The van der Waals surface area contributed by atoms with E-state index in [4.69, 9.17) is 10.4 Å². The molecule has 3 N–H and O–H groups in total. The molecule has 0 spiro atoms. The third-order valence-electron chi connectivity index (χ3n) is 5.06. The van der Waals surface area contributed by atoms with Crippen molar-refractivity contribution in [1.82, 2.24) is 19.1 Å². The number of nitriles is 1. The molecule has 2 heterocycles. The Balaban J connectivity index is 1.74. The molecule has 0 saturated heterocycles. The van der Waals surface area contributed by atoms with E-state index < -0.39 is 10.0 Å². The van der Waals surface area contributed by atoms with E-state index >= 15 is 0 Å². The van der Waals surface area contributed by atoms with Crippen LogP contribution in [0.3, 0.4) is 0 Å². The Morgan fingerprint density at radius 2 is 1.93 bits per heavy atom. The molecule has 0 unspecified atom stereocenters. The summed E-state index contributed by atoms with van der Waals surface area (Å²) in [5.74, 6) is 0.265. The van der Waals surface area contributed by atoms with Gasteiger partial charge < -0.3 is 5.32 Å². The lowest BCUT2D eigenvalue weighted by Crippen LogP contribution is -2.26. The van der Waals surface area contributed by atoms with Gasteiger partial charge in [-0.25, -0.2) is 23.3 Å². The Bertz CT molecular complexity index is 1260. The molecule has 1 aliphatic carbocycles. The van der Waals surface area contributed by atoms with Crippen molar-refractivity contribution in [3.63, 3.8) is 0 Å². The van der Waals surface area contributed by atoms with Crippen molar-refractivity contribution >= 4 is 32.8 Å². The van der Waals surface area contributed by atoms with Gasteiger partial charge in [-0.1, -0.05) is 12.8 Å². The van der Waals surface area contributed by atoms with Crippen molar-refractivity contribution in [3.8, 4) is 6.07 Å². The highest BCUT2D eigenvalue weighted by molar-refractivity contribution is 7.89. The average Bonchev–Trinajstić information content (AvgIpc) is 3.29. The summed E-state index contributed by atoms with van der Waals surface area (Å²) in [7, 11) is -3.77. The number of imidazole rings is 1. The number of nitrogens with one attached hydrogen (secondary N) is 1. The zero-order valence-electron chi connectivity index (χ0n) is 15.4. The molecule has 1 saturated carbocycles. The number of nitrogens with two attached hydrogens (primary N) is 1. The molecular formula is C18H19N7O3S. The van der Waals surface area contributed by atoms with Crippen LogP contribution in [0.25, 0.3) is 11.2 Å². The van der Waals surface area contributed by atoms with Crippen LogP contribution in [0.5, 0.6) is 0 Å². The summed E-state index contributed by atoms with van der Waals surface area (Å²) in [6.07, 6.45) is 5.41. The van der Waals surface area contributed by atoms with E-state index in [2.05, 4.69) is 15.3 Å². The molecule has 2 aromatic heterocycles. The fourth-order valence-electron chi connectivity index (χ4n) is 3.69. The van der Waals surface area contributed by atoms with Crippen molar-refractivity contribution in [1.29, 1.82) is 5.26 Å². The zero-order valence-corrected chi connectivity index (χ0v) is 16.3. The molecule has 3 aromatic rings. The molecular weight excluding hydrogens is 394 g/mol. The number of hydrogen-bond acceptors (Lipinski definition) is 7. The number of primary sulfonamides is 1. The van der Waals surface area contributed by atoms with Gasteiger partial charge in [0.2, 0.25) is 16.0 Å². The van der Waals surface area contributed by atoms with Crippen molar-refractivity contribution in [2.24, 2.45) is 5.14 Å². The molecule has 1 aliphatic rings. The van der Waals surface area contributed by atoms with Gasteiger partial charge in [0.25, 0.3) is 0 Å². The summed E-state index contributed by atoms with van der Waals surface area (Å²) >= 11 is 0. The maximum absolute atomic E-state index is 12.9. The summed E-state index contributed by atoms with van der Waals surface area (Å²) in [5.41, 5.74) is 1.31. The van der Waals surface area contributed by atoms with E-state index in [1.165, 1.54) is 22.9 Å². The van der Waals surface area contributed by atoms with E-state index in [9.17, 15) is 13.2 Å². The fourth-order valence-corrected chi connectivity index (χ4v) is 4.21. The van der Waals surface area contributed by atoms with Crippen LogP contribution in [0.4, 0.5) is 11.6 Å². The molecule has 0 aliphatic heterocycles. The number of rotatable bonds is 5. The summed E-state index contributed by atoms with van der Waals surface area (Å²) in [6.45, 7) is -0.0692. The molecule has 1 aromatic carbocycles. The average molecular weight is 413 g/mol. The minimum absolute atomic E-state index is 0.00284. The van der Waals surface area contributed by atoms with Gasteiger partial charge in [-0.2, -0.15) is 10.2 Å². The second-order valence-corrected chi connectivity index (χ2v) is 8.49. The van der Waals surface area contributed by atoms with E-state index in [1.807, 2.05) is 6.07 Å². The second kappa shape index (κ2) is 7.31. The van der Waals surface area contributed by atoms with Crippen LogP contribution < -0.4 is 16.1 Å². The number of anilines is 2. The van der Waals surface area contributed by atoms with Crippen molar-refractivity contribution in [3.05, 3.63) is 40.9 Å². The number of aromatic nitrogens is 4. The highest BCUT2D eigenvalue weighted by atomic mass is 32.2. The van der Waals surface area contributed by atoms with Gasteiger partial charge in [-0.05, 0) is 37.1 Å². The molecule has 4 rings (SSSR count). The molecule has 10 nitrogen and oxygen atoms in total. The molecule has 11 heteroatoms. The topological polar surface area (TPSA) is 149 Å². The summed E-state index contributed by atoms with van der Waals surface area (Å²) in [6, 6.07) is 7.94. The van der Waals surface area contributed by atoms with E-state index in [0.29, 0.717) is 16.9 Å². The van der Waals surface area contributed by atoms with Crippen LogP contribution in [-0.4, -0.2) is 27.5 Å². The number of benzene rings is 1. The maximum Gasteiger partial charge on any atom is 0.331 e. The SMILES string of the molecule is N#CCn1c(=O)n(C2CCCC2)c2nc(Nc3ccc(S(N)(=O)=O)cc3)ncc21. The minimum atomic E-state index is -3.77. The van der Waals surface area contributed by atoms with Gasteiger partial charge in [0, 0.05) is 11.7 Å². The lowest BCUT2D eigenvalue weighted by atomic mass is 10.2. The second-order valence-electron chi connectivity index (χ2n) is 6.93. The van der Waals surface area contributed by atoms with Crippen LogP contribution in [0.15, 0.2) is 40.2 Å². The zero-order chi connectivity index (χ0) is 20.6. The molecule has 0 bridgehead atoms. The van der Waals surface area contributed by atoms with Gasteiger partial charge in [0.05, 0.1) is 17.2 Å². The largest absolute Gasteiger partial charge is 0.331 e. The fraction of sp³-hybridized carbons (Fsp3) is 0.333. The molecule has 0 radical (unpaired) electrons. The van der Waals surface area contributed by atoms with Crippen LogP contribution in [0, 0.1) is 11.3 Å². The van der Waals surface area contributed by atoms with Crippen LogP contribution in [0.1, 0.15) is 31.7 Å². The third-order valence-corrected chi connectivity index (χ3v) is 5.99. The van der Waals surface area contributed by atoms with Crippen molar-refractivity contribution in [2.75, 3.05) is 5.32 Å². The first-order chi connectivity index (χ1) is 13.9. The smallest absolute Gasteiger partial charge is 0.324 e. The number of sulfonamides is 1. The van der Waals surface area contributed by atoms with Gasteiger partial charge in [-0.15, -0.1) is 0 Å². The monoisotopic (exact) mass is 413 g/mol. The molecule has 0 amide bonds. The Kier molecular flexibility index (Phi) is 4.81. The highest BCUT2D eigenvalue weighted by Crippen LogP contribution is 2.31. The van der Waals surface area contributed by atoms with Crippen molar-refractivity contribution in [2.45, 2.75) is 43.2 Å². The highest BCUT2D eigenvalue weighted by Gasteiger charge is 2.25. The Morgan fingerprint density at radius 1 is 1.24 bits per heavy atom. The van der Waals surface area contributed by atoms with Gasteiger partial charge in [0.15, 0.2) is 5.65 Å². The third kappa shape index (κ3) is 3.59. The lowest BCUT2D eigenvalue weighted by Gasteiger charge is -2.11. The lowest BCUT2D eigenvalue weighted by molar-refractivity contribution is 0.504. The Morgan fingerprint density at radius 3 is 2.55 bits per heavy atom. The normalized spacial score (nSPS) is 14.9. The van der Waals surface area contributed by atoms with E-state index in [1.54, 1.807) is 16.7 Å². The van der Waals surface area contributed by atoms with Crippen LogP contribution in [0.2, 0.25) is 0 Å². The summed E-state index contributed by atoms with van der Waals surface area (Å²) in [4.78, 5) is 21.7. The molecule has 150 valence electrons. The van der Waals surface area contributed by atoms with Crippen LogP contribution in [-0.2, 0) is 16.6 Å². The maximum atomic E-state index is 12.9. The predicted molar refractivity (Wildman–Crippen MR) is 106 cm³/mol. The van der Waals surface area contributed by atoms with E-state index in [0.717, 1.165) is 25.7 Å². The Labute approximate surface area is 166 Å². The first kappa shape index (κ1) is 19.1. The first-order valence-electron chi connectivity index (χ1n) is 9.13. The molecule has 1 fully saturated rings. The Hall–Kier alpha value is -3.23. The van der Waals surface area contributed by atoms with Gasteiger partial charge >= 0.3 is 5.69 Å². The van der Waals surface area contributed by atoms with Gasteiger partial charge in [-0.3, -0.25) is 9.13 Å². The van der Waals surface area contributed by atoms with Crippen LogP contribution >= 0.6 is 0 Å². The number of fused-ring (bicyclic) bond motifs is 1. The predicted octanol–water partition coefficient (Wildman–Crippen LogP) is 1.62. The summed E-state index contributed by atoms with van der Waals surface area (Å²) < 4.78 is 25.8. The van der Waals surface area contributed by atoms with Gasteiger partial charge in [0.1, 0.15) is 12.1 Å². The standard InChI is InChI=1S/C18H19N7O3S/c19-9-10-24-15-11-21-17(22-12-5-7-14(8-6-12)29(20,27)28)23-16(15)25(18(24)26)13-3-1-2-4-13/h5-8,11,13H,1-4,10H2,(H2,20,27,28)(H,21,22,23). The minimum Gasteiger partial charge on any atom is -0.324 e.